The first-order valence-electron chi connectivity index (χ1n) is 17.5. The minimum Gasteiger partial charge on any atom is -0.460 e. The molecule has 1 saturated heterocycles. The van der Waals surface area contributed by atoms with Gasteiger partial charge in [0.25, 0.3) is 11.8 Å². The molecule has 1 rings (SSSR count). The van der Waals surface area contributed by atoms with Crippen molar-refractivity contribution in [2.75, 3.05) is 32.9 Å². The van der Waals surface area contributed by atoms with Crippen molar-refractivity contribution >= 4 is 47.9 Å². The topological polar surface area (TPSA) is 243 Å². The summed E-state index contributed by atoms with van der Waals surface area (Å²) in [6.07, 6.45) is -0.596. The largest absolute Gasteiger partial charge is 0.534 e. The van der Waals surface area contributed by atoms with Gasteiger partial charge in [-0.25, -0.2) is 24.0 Å². The van der Waals surface area contributed by atoms with Crippen LogP contribution < -0.4 is 21.3 Å². The summed E-state index contributed by atoms with van der Waals surface area (Å²) in [5.41, 5.74) is -2.45. The molecule has 19 nitrogen and oxygen atoms in total. The Balaban J connectivity index is 2.52. The molecule has 0 radical (unpaired) electrons. The van der Waals surface area contributed by atoms with Crippen molar-refractivity contribution in [2.24, 2.45) is 0 Å². The molecule has 53 heavy (non-hydrogen) atoms. The van der Waals surface area contributed by atoms with Gasteiger partial charge in [0.1, 0.15) is 35.5 Å². The van der Waals surface area contributed by atoms with E-state index >= 15 is 0 Å². The summed E-state index contributed by atoms with van der Waals surface area (Å²) >= 11 is 0. The molecule has 1 fully saturated rings. The maximum absolute atomic E-state index is 13.1. The molecule has 1 aliphatic heterocycles. The molecule has 1 heterocycles. The molecule has 0 saturated carbocycles. The monoisotopic (exact) mass is 759 g/mol. The number of imide groups is 1. The summed E-state index contributed by atoms with van der Waals surface area (Å²) in [6.45, 7) is 15.4. The van der Waals surface area contributed by atoms with E-state index in [1.54, 1.807) is 62.3 Å². The van der Waals surface area contributed by atoms with Crippen LogP contribution in [-0.2, 0) is 52.5 Å². The van der Waals surface area contributed by atoms with Gasteiger partial charge in [-0.15, -0.1) is 0 Å². The standard InChI is InChI=1S/C34H57N5O14/c1-32(2,3)50-26(42)16-13-23(28(44)52-34(7,8)9)38-30(46)37-22(27(43)51-33(4,5)6)12-10-11-17-35-29(45)36-18-19-48-20-21-49-31(47)53-39-24(40)14-15-25(39)41/h22-23H,10-21H2,1-9H3,(H2,35,36,45)(H2,37,38,46)/t22-,23-/m0/s1. The zero-order chi connectivity index (χ0) is 40.4. The first-order chi connectivity index (χ1) is 24.5. The van der Waals surface area contributed by atoms with Crippen LogP contribution in [0, 0.1) is 0 Å². The second kappa shape index (κ2) is 21.8. The lowest BCUT2D eigenvalue weighted by molar-refractivity contribution is -0.177. The molecule has 0 bridgehead atoms. The van der Waals surface area contributed by atoms with Gasteiger partial charge in [0.2, 0.25) is 0 Å². The van der Waals surface area contributed by atoms with Crippen LogP contribution in [-0.4, -0.2) is 115 Å². The van der Waals surface area contributed by atoms with Gasteiger partial charge >= 0.3 is 36.1 Å². The fraction of sp³-hybridized carbons (Fsp3) is 0.765. The number of rotatable bonds is 19. The van der Waals surface area contributed by atoms with Crippen LogP contribution in [0.5, 0.6) is 0 Å². The number of hydroxylamine groups is 2. The summed E-state index contributed by atoms with van der Waals surface area (Å²) in [6, 6.07) is -3.63. The number of ether oxygens (including phenoxy) is 5. The Hall–Kier alpha value is -4.68. The van der Waals surface area contributed by atoms with E-state index < -0.39 is 76.8 Å². The lowest BCUT2D eigenvalue weighted by Gasteiger charge is -2.27. The van der Waals surface area contributed by atoms with E-state index in [4.69, 9.17) is 23.7 Å². The third-order valence-corrected chi connectivity index (χ3v) is 6.41. The van der Waals surface area contributed by atoms with E-state index in [1.165, 1.54) is 0 Å². The highest BCUT2D eigenvalue weighted by Crippen LogP contribution is 2.15. The lowest BCUT2D eigenvalue weighted by Crippen LogP contribution is -2.53. The second-order valence-corrected chi connectivity index (χ2v) is 15.0. The van der Waals surface area contributed by atoms with Gasteiger partial charge in [0.05, 0.1) is 13.2 Å². The molecule has 302 valence electrons. The molecule has 6 amide bonds. The van der Waals surface area contributed by atoms with E-state index in [2.05, 4.69) is 26.1 Å². The Morgan fingerprint density at radius 3 is 1.68 bits per heavy atom. The van der Waals surface area contributed by atoms with Crippen LogP contribution >= 0.6 is 0 Å². The Labute approximate surface area is 310 Å². The average Bonchev–Trinajstić information content (AvgIpc) is 3.31. The molecule has 2 atom stereocenters. The summed E-state index contributed by atoms with van der Waals surface area (Å²) in [7, 11) is 0. The van der Waals surface area contributed by atoms with Crippen LogP contribution in [0.15, 0.2) is 0 Å². The zero-order valence-corrected chi connectivity index (χ0v) is 32.3. The third kappa shape index (κ3) is 22.1. The fourth-order valence-corrected chi connectivity index (χ4v) is 4.28. The number of esters is 3. The number of nitrogens with zero attached hydrogens (tertiary/aromatic N) is 1. The number of amides is 6. The Morgan fingerprint density at radius 2 is 1.15 bits per heavy atom. The van der Waals surface area contributed by atoms with Crippen LogP contribution in [0.3, 0.4) is 0 Å². The van der Waals surface area contributed by atoms with E-state index in [-0.39, 0.29) is 65.0 Å². The van der Waals surface area contributed by atoms with Gasteiger partial charge in [-0.1, -0.05) is 5.06 Å². The van der Waals surface area contributed by atoms with Gasteiger partial charge in [-0.05, 0) is 88.0 Å². The van der Waals surface area contributed by atoms with Gasteiger partial charge in [0.15, 0.2) is 0 Å². The molecule has 0 aliphatic carbocycles. The number of urea groups is 2. The molecule has 19 heteroatoms. The molecule has 0 spiro atoms. The predicted molar refractivity (Wildman–Crippen MR) is 186 cm³/mol. The Kier molecular flexibility index (Phi) is 19.0. The molecular formula is C34H57N5O14. The lowest BCUT2D eigenvalue weighted by atomic mass is 10.1. The van der Waals surface area contributed by atoms with Crippen LogP contribution in [0.2, 0.25) is 0 Å². The smallest absolute Gasteiger partial charge is 0.460 e. The molecular weight excluding hydrogens is 702 g/mol. The maximum atomic E-state index is 13.1. The highest BCUT2D eigenvalue weighted by atomic mass is 16.8. The first kappa shape index (κ1) is 46.3. The Bertz CT molecular complexity index is 1270. The highest BCUT2D eigenvalue weighted by Gasteiger charge is 2.34. The second-order valence-electron chi connectivity index (χ2n) is 15.0. The normalized spacial score (nSPS) is 14.4. The summed E-state index contributed by atoms with van der Waals surface area (Å²) in [5.74, 6) is -3.27. The van der Waals surface area contributed by atoms with Crippen molar-refractivity contribution in [3.63, 3.8) is 0 Å². The molecule has 1 aliphatic rings. The number of unbranched alkanes of at least 4 members (excludes halogenated alkanes) is 1. The minimum atomic E-state index is -1.22. The van der Waals surface area contributed by atoms with Gasteiger partial charge in [-0.3, -0.25) is 19.2 Å². The summed E-state index contributed by atoms with van der Waals surface area (Å²) in [4.78, 5) is 102. The molecule has 4 N–H and O–H groups in total. The van der Waals surface area contributed by atoms with Gasteiger partial charge in [0, 0.05) is 32.4 Å². The van der Waals surface area contributed by atoms with Crippen molar-refractivity contribution in [2.45, 2.75) is 136 Å². The fourth-order valence-electron chi connectivity index (χ4n) is 4.28. The number of carbonyl (C=O) groups excluding carboxylic acids is 8. The highest BCUT2D eigenvalue weighted by molar-refractivity contribution is 6.01. The van der Waals surface area contributed by atoms with E-state index in [9.17, 15) is 38.4 Å². The molecule has 0 unspecified atom stereocenters. The van der Waals surface area contributed by atoms with E-state index in [0.29, 0.717) is 17.9 Å². The van der Waals surface area contributed by atoms with E-state index in [0.717, 1.165) is 0 Å². The van der Waals surface area contributed by atoms with Crippen molar-refractivity contribution in [1.29, 1.82) is 0 Å². The van der Waals surface area contributed by atoms with Crippen LogP contribution in [0.25, 0.3) is 0 Å². The molecule has 0 aromatic rings. The van der Waals surface area contributed by atoms with E-state index in [1.807, 2.05) is 0 Å². The number of hydrogen-bond acceptors (Lipinski definition) is 14. The van der Waals surface area contributed by atoms with Gasteiger partial charge in [-0.2, -0.15) is 0 Å². The van der Waals surface area contributed by atoms with Crippen molar-refractivity contribution in [1.82, 2.24) is 26.3 Å². The van der Waals surface area contributed by atoms with Crippen molar-refractivity contribution in [3.8, 4) is 0 Å². The first-order valence-corrected chi connectivity index (χ1v) is 17.5. The maximum Gasteiger partial charge on any atom is 0.534 e. The zero-order valence-electron chi connectivity index (χ0n) is 32.3. The Morgan fingerprint density at radius 1 is 0.642 bits per heavy atom. The summed E-state index contributed by atoms with van der Waals surface area (Å²) in [5, 5.41) is 10.7. The summed E-state index contributed by atoms with van der Waals surface area (Å²) < 4.78 is 26.2. The van der Waals surface area contributed by atoms with Gasteiger partial charge < -0.3 is 45.0 Å². The molecule has 0 aromatic carbocycles. The minimum absolute atomic E-state index is 0.0289. The van der Waals surface area contributed by atoms with Crippen LogP contribution in [0.1, 0.15) is 107 Å². The number of hydrogen-bond donors (Lipinski definition) is 4. The van der Waals surface area contributed by atoms with Crippen molar-refractivity contribution in [3.05, 3.63) is 0 Å². The SMILES string of the molecule is CC(C)(C)OC(=O)CC[C@H](NC(=O)N[C@@H](CCCCNC(=O)NCCOCCOC(=O)ON1C(=O)CCC1=O)C(=O)OC(C)(C)C)C(=O)OC(C)(C)C. The quantitative estimate of drug-likeness (QED) is 0.0640. The predicted octanol–water partition coefficient (Wildman–Crippen LogP) is 2.53. The average molecular weight is 760 g/mol. The third-order valence-electron chi connectivity index (χ3n) is 6.41. The van der Waals surface area contributed by atoms with Crippen LogP contribution in [0.4, 0.5) is 14.4 Å². The number of carbonyl (C=O) groups is 8. The van der Waals surface area contributed by atoms with Crippen molar-refractivity contribution < 1.29 is 66.9 Å². The molecule has 0 aromatic heterocycles. The number of nitrogens with one attached hydrogen (secondary N) is 4.